The fourth-order valence-corrected chi connectivity index (χ4v) is 2.81. The van der Waals surface area contributed by atoms with Gasteiger partial charge in [0.05, 0.1) is 12.1 Å². The number of nitrogens with two attached hydrogens (primary N) is 5. The summed E-state index contributed by atoms with van der Waals surface area (Å²) in [5.74, 6) is -1.41. The summed E-state index contributed by atoms with van der Waals surface area (Å²) in [6.45, 7) is 4.30. The first-order chi connectivity index (χ1) is 14.0. The summed E-state index contributed by atoms with van der Waals surface area (Å²) in [4.78, 5) is 53.5. The van der Waals surface area contributed by atoms with Crippen LogP contribution in [0.1, 0.15) is 46.0 Å². The van der Waals surface area contributed by atoms with Crippen LogP contribution in [0.15, 0.2) is 4.99 Å². The Hall–Kier alpha value is -2.73. The van der Waals surface area contributed by atoms with Crippen LogP contribution in [0.4, 0.5) is 4.79 Å². The molecule has 0 radical (unpaired) electrons. The molecule has 0 aromatic heterocycles. The summed E-state index contributed by atoms with van der Waals surface area (Å²) in [5, 5.41) is 2.58. The van der Waals surface area contributed by atoms with E-state index < -0.39 is 36.0 Å². The zero-order valence-electron chi connectivity index (χ0n) is 17.8. The van der Waals surface area contributed by atoms with E-state index in [-0.39, 0.29) is 31.3 Å². The first-order valence-electron chi connectivity index (χ1n) is 9.94. The number of rotatable bonds is 14. The van der Waals surface area contributed by atoms with Gasteiger partial charge in [0.2, 0.25) is 5.91 Å². The number of nitrogens with zero attached hydrogens (tertiary/aromatic N) is 2. The summed E-state index contributed by atoms with van der Waals surface area (Å²) in [6, 6.07) is -4.11. The molecular weight excluding hydrogens is 392 g/mol. The van der Waals surface area contributed by atoms with E-state index in [1.165, 1.54) is 0 Å². The number of amides is 4. The fraction of sp³-hybridized carbons (Fsp3) is 0.722. The van der Waals surface area contributed by atoms with E-state index in [9.17, 15) is 19.2 Å². The zero-order valence-corrected chi connectivity index (χ0v) is 17.8. The number of aliphatic imine (C=N–C) groups is 1. The lowest BCUT2D eigenvalue weighted by Crippen LogP contribution is -2.58. The molecule has 0 aliphatic heterocycles. The van der Waals surface area contributed by atoms with Gasteiger partial charge in [-0.05, 0) is 44.6 Å². The number of urea groups is 1. The molecule has 0 aromatic rings. The van der Waals surface area contributed by atoms with Crippen LogP contribution in [0.5, 0.6) is 0 Å². The molecule has 0 saturated heterocycles. The van der Waals surface area contributed by atoms with E-state index >= 15 is 0 Å². The van der Waals surface area contributed by atoms with Gasteiger partial charge in [0.15, 0.2) is 5.96 Å². The molecule has 4 amide bonds. The highest BCUT2D eigenvalue weighted by Crippen LogP contribution is 2.13. The minimum Gasteiger partial charge on any atom is -0.370 e. The largest absolute Gasteiger partial charge is 0.370 e. The molecule has 172 valence electrons. The van der Waals surface area contributed by atoms with Crippen LogP contribution in [0, 0.1) is 5.92 Å². The molecule has 12 heteroatoms. The number of imide groups is 1. The third-order valence-electron chi connectivity index (χ3n) is 4.29. The summed E-state index contributed by atoms with van der Waals surface area (Å²) in [7, 11) is 0. The van der Waals surface area contributed by atoms with Gasteiger partial charge in [-0.2, -0.15) is 0 Å². The first-order valence-corrected chi connectivity index (χ1v) is 9.94. The smallest absolute Gasteiger partial charge is 0.322 e. The highest BCUT2D eigenvalue weighted by atomic mass is 16.2. The molecule has 12 nitrogen and oxygen atoms in total. The predicted molar refractivity (Wildman–Crippen MR) is 114 cm³/mol. The Morgan fingerprint density at radius 2 is 1.73 bits per heavy atom. The molecule has 0 heterocycles. The van der Waals surface area contributed by atoms with Gasteiger partial charge in [-0.3, -0.25) is 19.5 Å². The van der Waals surface area contributed by atoms with Crippen LogP contribution < -0.4 is 34.0 Å². The van der Waals surface area contributed by atoms with Crippen molar-refractivity contribution < 1.29 is 19.2 Å². The van der Waals surface area contributed by atoms with Crippen molar-refractivity contribution in [2.24, 2.45) is 39.6 Å². The van der Waals surface area contributed by atoms with Gasteiger partial charge in [-0.15, -0.1) is 0 Å². The molecule has 0 fully saturated rings. The minimum absolute atomic E-state index is 0.00536. The number of primary amides is 1. The van der Waals surface area contributed by atoms with Gasteiger partial charge in [-0.25, -0.2) is 4.79 Å². The second-order valence-corrected chi connectivity index (χ2v) is 7.43. The van der Waals surface area contributed by atoms with Crippen molar-refractivity contribution in [2.45, 2.75) is 64.1 Å². The number of hydrogen-bond donors (Lipinski definition) is 6. The molecule has 0 aliphatic carbocycles. The minimum atomic E-state index is -1.11. The van der Waals surface area contributed by atoms with Gasteiger partial charge >= 0.3 is 6.03 Å². The second kappa shape index (κ2) is 14.3. The number of hydrogen-bond acceptors (Lipinski definition) is 7. The molecule has 0 unspecified atom stereocenters. The third kappa shape index (κ3) is 10.2. The van der Waals surface area contributed by atoms with E-state index in [0.29, 0.717) is 37.0 Å². The predicted octanol–water partition coefficient (Wildman–Crippen LogP) is -1.89. The van der Waals surface area contributed by atoms with Gasteiger partial charge in [0, 0.05) is 6.54 Å². The summed E-state index contributed by atoms with van der Waals surface area (Å²) in [6.07, 6.45) is 2.05. The maximum atomic E-state index is 13.1. The monoisotopic (exact) mass is 428 g/mol. The SMILES string of the molecule is CC(C)C[C@H](NC(=O)[C@@H](N)CCCN)C(=O)N(C(N)=O)[C@H](C=O)CCCN=C(N)N. The Morgan fingerprint density at radius 3 is 2.20 bits per heavy atom. The Morgan fingerprint density at radius 1 is 1.10 bits per heavy atom. The van der Waals surface area contributed by atoms with Crippen LogP contribution in [0.25, 0.3) is 0 Å². The molecule has 0 aliphatic rings. The Bertz CT molecular complexity index is 607. The summed E-state index contributed by atoms with van der Waals surface area (Å²) in [5.41, 5.74) is 27.1. The number of aldehydes is 1. The van der Waals surface area contributed by atoms with Crippen LogP contribution in [-0.2, 0) is 14.4 Å². The summed E-state index contributed by atoms with van der Waals surface area (Å²) >= 11 is 0. The van der Waals surface area contributed by atoms with Crippen LogP contribution in [0.2, 0.25) is 0 Å². The van der Waals surface area contributed by atoms with E-state index in [0.717, 1.165) is 0 Å². The van der Waals surface area contributed by atoms with Gasteiger partial charge in [0.1, 0.15) is 12.3 Å². The maximum Gasteiger partial charge on any atom is 0.322 e. The molecule has 0 rings (SSSR count). The van der Waals surface area contributed by atoms with Crippen molar-refractivity contribution >= 4 is 30.1 Å². The van der Waals surface area contributed by atoms with Crippen molar-refractivity contribution in [3.63, 3.8) is 0 Å². The number of carbonyl (C=O) groups excluding carboxylic acids is 4. The molecule has 11 N–H and O–H groups in total. The highest BCUT2D eigenvalue weighted by molar-refractivity contribution is 6.00. The maximum absolute atomic E-state index is 13.1. The Kier molecular flexibility index (Phi) is 13.0. The van der Waals surface area contributed by atoms with Crippen molar-refractivity contribution in [3.05, 3.63) is 0 Å². The van der Waals surface area contributed by atoms with Gasteiger partial charge < -0.3 is 38.8 Å². The van der Waals surface area contributed by atoms with E-state index in [1.807, 2.05) is 13.8 Å². The number of carbonyl (C=O) groups is 4. The Labute approximate surface area is 176 Å². The topological polar surface area (TPSA) is 226 Å². The quantitative estimate of drug-likeness (QED) is 0.0791. The normalized spacial score (nSPS) is 13.8. The van der Waals surface area contributed by atoms with E-state index in [2.05, 4.69) is 10.3 Å². The lowest BCUT2D eigenvalue weighted by Gasteiger charge is -2.30. The fourth-order valence-electron chi connectivity index (χ4n) is 2.81. The molecule has 0 saturated carbocycles. The number of nitrogens with one attached hydrogen (secondary N) is 1. The second-order valence-electron chi connectivity index (χ2n) is 7.43. The van der Waals surface area contributed by atoms with Crippen molar-refractivity contribution in [1.82, 2.24) is 10.2 Å². The van der Waals surface area contributed by atoms with Crippen molar-refractivity contribution in [1.29, 1.82) is 0 Å². The number of guanidine groups is 1. The van der Waals surface area contributed by atoms with Gasteiger partial charge in [-0.1, -0.05) is 13.8 Å². The summed E-state index contributed by atoms with van der Waals surface area (Å²) < 4.78 is 0. The van der Waals surface area contributed by atoms with Crippen molar-refractivity contribution in [3.8, 4) is 0 Å². The molecule has 30 heavy (non-hydrogen) atoms. The van der Waals surface area contributed by atoms with Crippen molar-refractivity contribution in [2.75, 3.05) is 13.1 Å². The van der Waals surface area contributed by atoms with Crippen LogP contribution in [0.3, 0.4) is 0 Å². The van der Waals surface area contributed by atoms with Crippen LogP contribution in [-0.4, -0.2) is 66.2 Å². The third-order valence-corrected chi connectivity index (χ3v) is 4.29. The highest BCUT2D eigenvalue weighted by Gasteiger charge is 2.34. The average molecular weight is 429 g/mol. The molecular formula is C18H36N8O4. The van der Waals surface area contributed by atoms with E-state index in [1.54, 1.807) is 0 Å². The average Bonchev–Trinajstić information content (AvgIpc) is 2.66. The molecule has 0 bridgehead atoms. The van der Waals surface area contributed by atoms with Crippen LogP contribution >= 0.6 is 0 Å². The standard InChI is InChI=1S/C18H36N8O4/c1-11(2)9-14(25-15(28)13(20)6-3-7-19)16(29)26(18(23)30)12(10-27)5-4-8-24-17(21)22/h10-14H,3-9,19-20H2,1-2H3,(H2,23,30)(H,25,28)(H4,21,22,24)/t12-,13-,14-/m0/s1. The molecule has 0 aromatic carbocycles. The lowest BCUT2D eigenvalue weighted by molar-refractivity contribution is -0.137. The van der Waals surface area contributed by atoms with Gasteiger partial charge in [0.25, 0.3) is 5.91 Å². The zero-order chi connectivity index (χ0) is 23.3. The Balaban J connectivity index is 5.43. The lowest BCUT2D eigenvalue weighted by atomic mass is 10.0. The molecule has 0 spiro atoms. The first kappa shape index (κ1) is 27.3. The molecule has 3 atom stereocenters. The van der Waals surface area contributed by atoms with E-state index in [4.69, 9.17) is 28.7 Å².